The summed E-state index contributed by atoms with van der Waals surface area (Å²) in [6, 6.07) is 0. The van der Waals surface area contributed by atoms with Crippen LogP contribution < -0.4 is 10.2 Å². The van der Waals surface area contributed by atoms with Crippen molar-refractivity contribution in [1.82, 2.24) is 15.3 Å². The molecule has 2 rings (SSSR count). The molecule has 1 aliphatic heterocycles. The number of hydrogen-bond acceptors (Lipinski definition) is 4. The van der Waals surface area contributed by atoms with E-state index < -0.39 is 6.09 Å². The van der Waals surface area contributed by atoms with Gasteiger partial charge in [-0.25, -0.2) is 9.78 Å². The van der Waals surface area contributed by atoms with E-state index in [-0.39, 0.29) is 0 Å². The molecule has 0 atom stereocenters. The smallest absolute Gasteiger partial charge is 0.404 e. The van der Waals surface area contributed by atoms with Crippen LogP contribution in [0, 0.1) is 19.8 Å². The van der Waals surface area contributed by atoms with E-state index in [1.165, 1.54) is 0 Å². The van der Waals surface area contributed by atoms with Crippen molar-refractivity contribution < 1.29 is 9.90 Å². The lowest BCUT2D eigenvalue weighted by atomic mass is 9.93. The molecule has 0 aliphatic carbocycles. The van der Waals surface area contributed by atoms with E-state index >= 15 is 0 Å². The highest BCUT2D eigenvalue weighted by Crippen LogP contribution is 2.25. The summed E-state index contributed by atoms with van der Waals surface area (Å²) in [6.45, 7) is 6.43. The molecular weight excluding hydrogens is 256 g/mol. The van der Waals surface area contributed by atoms with Gasteiger partial charge in [-0.3, -0.25) is 4.98 Å². The van der Waals surface area contributed by atoms with Crippen molar-refractivity contribution in [2.24, 2.45) is 5.92 Å². The Balaban J connectivity index is 1.84. The van der Waals surface area contributed by atoms with Crippen LogP contribution in [0.1, 0.15) is 30.7 Å². The maximum Gasteiger partial charge on any atom is 0.404 e. The molecule has 0 bridgehead atoms. The van der Waals surface area contributed by atoms with Crippen LogP contribution in [0.5, 0.6) is 0 Å². The van der Waals surface area contributed by atoms with Crippen molar-refractivity contribution in [3.63, 3.8) is 0 Å². The molecule has 1 aromatic heterocycles. The molecule has 1 amide bonds. The number of carbonyl (C=O) groups is 1. The average molecular weight is 278 g/mol. The van der Waals surface area contributed by atoms with E-state index in [4.69, 9.17) is 5.11 Å². The largest absolute Gasteiger partial charge is 0.465 e. The second-order valence-electron chi connectivity index (χ2n) is 5.37. The first-order chi connectivity index (χ1) is 9.56. The summed E-state index contributed by atoms with van der Waals surface area (Å²) in [5.41, 5.74) is 1.92. The number of nitrogens with zero attached hydrogens (tertiary/aromatic N) is 3. The molecule has 1 aliphatic rings. The molecule has 0 aromatic carbocycles. The van der Waals surface area contributed by atoms with Crippen LogP contribution in [0.15, 0.2) is 6.20 Å². The van der Waals surface area contributed by atoms with Gasteiger partial charge in [-0.15, -0.1) is 0 Å². The summed E-state index contributed by atoms with van der Waals surface area (Å²) in [6.07, 6.45) is 3.93. The summed E-state index contributed by atoms with van der Waals surface area (Å²) in [7, 11) is 0. The van der Waals surface area contributed by atoms with Gasteiger partial charge in [0.05, 0.1) is 11.4 Å². The van der Waals surface area contributed by atoms with Gasteiger partial charge in [0.2, 0.25) is 0 Å². The fraction of sp³-hybridized carbons (Fsp3) is 0.643. The maximum atomic E-state index is 10.4. The summed E-state index contributed by atoms with van der Waals surface area (Å²) in [4.78, 5) is 21.6. The number of carboxylic acid groups (broad SMARTS) is 1. The zero-order chi connectivity index (χ0) is 14.5. The highest BCUT2D eigenvalue weighted by Gasteiger charge is 2.21. The van der Waals surface area contributed by atoms with Gasteiger partial charge in [0, 0.05) is 25.8 Å². The molecule has 0 spiro atoms. The molecule has 20 heavy (non-hydrogen) atoms. The van der Waals surface area contributed by atoms with Gasteiger partial charge in [0.1, 0.15) is 5.82 Å². The van der Waals surface area contributed by atoms with Gasteiger partial charge in [-0.05, 0) is 39.0 Å². The van der Waals surface area contributed by atoms with Crippen LogP contribution in [0.3, 0.4) is 0 Å². The van der Waals surface area contributed by atoms with E-state index in [1.807, 2.05) is 13.8 Å². The van der Waals surface area contributed by atoms with Crippen molar-refractivity contribution in [3.05, 3.63) is 17.6 Å². The number of aryl methyl sites for hydroxylation is 2. The third kappa shape index (κ3) is 3.82. The Morgan fingerprint density at radius 2 is 2.15 bits per heavy atom. The molecule has 0 saturated carbocycles. The zero-order valence-electron chi connectivity index (χ0n) is 12.1. The summed E-state index contributed by atoms with van der Waals surface area (Å²) >= 11 is 0. The lowest BCUT2D eigenvalue weighted by Crippen LogP contribution is -2.36. The molecule has 1 saturated heterocycles. The lowest BCUT2D eigenvalue weighted by molar-refractivity contribution is 0.193. The third-order valence-electron chi connectivity index (χ3n) is 3.79. The zero-order valence-corrected chi connectivity index (χ0v) is 12.1. The molecule has 2 heterocycles. The normalized spacial score (nSPS) is 16.2. The minimum absolute atomic E-state index is 0.545. The summed E-state index contributed by atoms with van der Waals surface area (Å²) in [5, 5.41) is 11.0. The topological polar surface area (TPSA) is 78.4 Å². The van der Waals surface area contributed by atoms with E-state index in [1.54, 1.807) is 6.20 Å². The van der Waals surface area contributed by atoms with Gasteiger partial charge in [-0.2, -0.15) is 0 Å². The minimum atomic E-state index is -0.937. The Kier molecular flexibility index (Phi) is 4.76. The molecule has 1 aromatic rings. The average Bonchev–Trinajstić information content (AvgIpc) is 2.42. The van der Waals surface area contributed by atoms with Gasteiger partial charge in [-0.1, -0.05) is 0 Å². The van der Waals surface area contributed by atoms with Gasteiger partial charge >= 0.3 is 6.09 Å². The van der Waals surface area contributed by atoms with Crippen molar-refractivity contribution >= 4 is 11.9 Å². The first kappa shape index (κ1) is 14.6. The van der Waals surface area contributed by atoms with Crippen LogP contribution in [0.4, 0.5) is 10.6 Å². The second-order valence-corrected chi connectivity index (χ2v) is 5.37. The van der Waals surface area contributed by atoms with Gasteiger partial charge in [0.15, 0.2) is 0 Å². The van der Waals surface area contributed by atoms with Crippen molar-refractivity contribution in [2.75, 3.05) is 24.5 Å². The third-order valence-corrected chi connectivity index (χ3v) is 3.79. The number of amides is 1. The van der Waals surface area contributed by atoms with Gasteiger partial charge < -0.3 is 15.3 Å². The van der Waals surface area contributed by atoms with Crippen LogP contribution >= 0.6 is 0 Å². The Hall–Kier alpha value is -1.85. The Labute approximate surface area is 119 Å². The van der Waals surface area contributed by atoms with Crippen LogP contribution in [0.25, 0.3) is 0 Å². The molecule has 2 N–H and O–H groups in total. The van der Waals surface area contributed by atoms with E-state index in [0.717, 1.165) is 49.6 Å². The Morgan fingerprint density at radius 3 is 2.80 bits per heavy atom. The van der Waals surface area contributed by atoms with Crippen molar-refractivity contribution in [3.8, 4) is 0 Å². The van der Waals surface area contributed by atoms with Gasteiger partial charge in [0.25, 0.3) is 0 Å². The highest BCUT2D eigenvalue weighted by atomic mass is 16.4. The van der Waals surface area contributed by atoms with Crippen LogP contribution in [-0.2, 0) is 0 Å². The highest BCUT2D eigenvalue weighted by molar-refractivity contribution is 5.64. The fourth-order valence-electron chi connectivity index (χ4n) is 2.64. The first-order valence-corrected chi connectivity index (χ1v) is 7.08. The minimum Gasteiger partial charge on any atom is -0.465 e. The Morgan fingerprint density at radius 1 is 1.45 bits per heavy atom. The molecule has 6 nitrogen and oxygen atoms in total. The molecule has 0 unspecified atom stereocenters. The van der Waals surface area contributed by atoms with E-state index in [9.17, 15) is 4.79 Å². The molecule has 1 fully saturated rings. The molecule has 110 valence electrons. The fourth-order valence-corrected chi connectivity index (χ4v) is 2.64. The molecular formula is C14H22N4O2. The van der Waals surface area contributed by atoms with Crippen LogP contribution in [0.2, 0.25) is 0 Å². The standard InChI is InChI=1S/C14H22N4O2/c1-10-9-16-11(2)13(17-10)18-7-4-12(5-8-18)3-6-15-14(19)20/h9,12,15H,3-8H2,1-2H3,(H,19,20). The predicted molar refractivity (Wildman–Crippen MR) is 77.1 cm³/mol. The summed E-state index contributed by atoms with van der Waals surface area (Å²) in [5.74, 6) is 1.59. The Bertz CT molecular complexity index is 470. The number of hydrogen-bond donors (Lipinski definition) is 2. The van der Waals surface area contributed by atoms with Crippen LogP contribution in [-0.4, -0.2) is 40.8 Å². The maximum absolute atomic E-state index is 10.4. The summed E-state index contributed by atoms with van der Waals surface area (Å²) < 4.78 is 0. The number of rotatable bonds is 4. The first-order valence-electron chi connectivity index (χ1n) is 7.08. The van der Waals surface area contributed by atoms with E-state index in [0.29, 0.717) is 12.5 Å². The number of anilines is 1. The number of piperidine rings is 1. The quantitative estimate of drug-likeness (QED) is 0.880. The van der Waals surface area contributed by atoms with E-state index in [2.05, 4.69) is 20.2 Å². The number of aromatic nitrogens is 2. The second kappa shape index (κ2) is 6.54. The van der Waals surface area contributed by atoms with Crippen molar-refractivity contribution in [2.45, 2.75) is 33.1 Å². The SMILES string of the molecule is Cc1cnc(C)c(N2CCC(CCNC(=O)O)CC2)n1. The predicted octanol–water partition coefficient (Wildman–Crippen LogP) is 1.97. The van der Waals surface area contributed by atoms with Crippen molar-refractivity contribution in [1.29, 1.82) is 0 Å². The molecule has 6 heteroatoms. The monoisotopic (exact) mass is 278 g/mol. The molecule has 0 radical (unpaired) electrons. The lowest BCUT2D eigenvalue weighted by Gasteiger charge is -2.33. The number of nitrogens with one attached hydrogen (secondary N) is 1.